The molecule has 3 aromatic rings. The van der Waals surface area contributed by atoms with E-state index in [-0.39, 0.29) is 5.56 Å². The Hall–Kier alpha value is -3.21. The number of para-hydroxylation sites is 1. The number of nitrogens with zero attached hydrogens (tertiary/aromatic N) is 4. The Morgan fingerprint density at radius 2 is 1.67 bits per heavy atom. The van der Waals surface area contributed by atoms with Crippen molar-refractivity contribution in [3.8, 4) is 5.69 Å². The van der Waals surface area contributed by atoms with Crippen LogP contribution in [0.2, 0.25) is 0 Å². The summed E-state index contributed by atoms with van der Waals surface area (Å²) in [5.41, 5.74) is 2.74. The number of hydrogen-bond acceptors (Lipinski definition) is 7. The molecule has 1 aliphatic rings. The van der Waals surface area contributed by atoms with Crippen molar-refractivity contribution in [3.05, 3.63) is 76.7 Å². The maximum atomic E-state index is 13.5. The quantitative estimate of drug-likeness (QED) is 0.321. The molecule has 2 aromatic carbocycles. The minimum absolute atomic E-state index is 0.242. The summed E-state index contributed by atoms with van der Waals surface area (Å²) in [6.07, 6.45) is 5.59. The molecule has 9 nitrogen and oxygen atoms in total. The lowest BCUT2D eigenvalue weighted by Crippen LogP contribution is -2.49. The number of nitrogens with one attached hydrogen (secondary N) is 1. The predicted octanol–water partition coefficient (Wildman–Crippen LogP) is 3.92. The van der Waals surface area contributed by atoms with E-state index in [0.29, 0.717) is 67.9 Å². The lowest BCUT2D eigenvalue weighted by molar-refractivity contribution is 0.147. The Morgan fingerprint density at radius 1 is 0.949 bits per heavy atom. The number of unbranched alkanes of at least 4 members (excludes halogenated alkanes) is 1. The molecule has 39 heavy (non-hydrogen) atoms. The van der Waals surface area contributed by atoms with E-state index in [1.54, 1.807) is 18.3 Å². The highest BCUT2D eigenvalue weighted by Crippen LogP contribution is 2.26. The highest BCUT2D eigenvalue weighted by atomic mass is 32.2. The first-order valence-corrected chi connectivity index (χ1v) is 15.2. The molecule has 1 fully saturated rings. The van der Waals surface area contributed by atoms with Crippen molar-refractivity contribution in [3.63, 3.8) is 0 Å². The van der Waals surface area contributed by atoms with E-state index in [4.69, 9.17) is 4.74 Å². The standard InChI is InChI=1S/C29H39N5O4S/c1-3-5-10-24-13-15-26(16-14-24)39(36,37)33-20-18-32(19-21-33)27-23-31-34(25-11-7-6-8-12-25)29(35)28(27)30-17-9-22-38-4-2/h6-8,11-16,23,30H,3-5,9-10,17-22H2,1-2H3. The van der Waals surface area contributed by atoms with Crippen LogP contribution in [0.1, 0.15) is 38.7 Å². The molecular weight excluding hydrogens is 514 g/mol. The molecule has 4 rings (SSSR count). The van der Waals surface area contributed by atoms with E-state index in [9.17, 15) is 13.2 Å². The number of rotatable bonds is 13. The van der Waals surface area contributed by atoms with Gasteiger partial charge in [-0.1, -0.05) is 43.7 Å². The molecule has 1 saturated heterocycles. The van der Waals surface area contributed by atoms with Crippen LogP contribution in [0.5, 0.6) is 0 Å². The summed E-state index contributed by atoms with van der Waals surface area (Å²) >= 11 is 0. The maximum Gasteiger partial charge on any atom is 0.296 e. The molecule has 0 amide bonds. The Bertz CT molecular complexity index is 1350. The largest absolute Gasteiger partial charge is 0.382 e. The van der Waals surface area contributed by atoms with Crippen molar-refractivity contribution in [2.75, 3.05) is 56.2 Å². The van der Waals surface area contributed by atoms with Crippen LogP contribution in [0.4, 0.5) is 11.4 Å². The topological polar surface area (TPSA) is 96.8 Å². The van der Waals surface area contributed by atoms with Gasteiger partial charge in [0.15, 0.2) is 0 Å². The molecule has 0 radical (unpaired) electrons. The Kier molecular flexibility index (Phi) is 10.1. The van der Waals surface area contributed by atoms with Gasteiger partial charge in [-0.15, -0.1) is 0 Å². The number of anilines is 2. The predicted molar refractivity (Wildman–Crippen MR) is 155 cm³/mol. The third kappa shape index (κ3) is 7.06. The Labute approximate surface area is 231 Å². The zero-order chi connectivity index (χ0) is 27.7. The minimum atomic E-state index is -3.59. The second kappa shape index (κ2) is 13.7. The van der Waals surface area contributed by atoms with Crippen molar-refractivity contribution in [1.82, 2.24) is 14.1 Å². The number of piperazine rings is 1. The van der Waals surface area contributed by atoms with Gasteiger partial charge in [0.1, 0.15) is 5.69 Å². The monoisotopic (exact) mass is 553 g/mol. The molecule has 0 atom stereocenters. The van der Waals surface area contributed by atoms with E-state index in [2.05, 4.69) is 17.3 Å². The lowest BCUT2D eigenvalue weighted by atomic mass is 10.1. The van der Waals surface area contributed by atoms with Gasteiger partial charge in [-0.2, -0.15) is 14.1 Å². The molecule has 0 bridgehead atoms. The van der Waals surface area contributed by atoms with Crippen LogP contribution < -0.4 is 15.8 Å². The zero-order valence-electron chi connectivity index (χ0n) is 22.9. The number of aromatic nitrogens is 2. The van der Waals surface area contributed by atoms with Gasteiger partial charge in [0.05, 0.1) is 22.5 Å². The van der Waals surface area contributed by atoms with Gasteiger partial charge in [-0.3, -0.25) is 4.79 Å². The Balaban J connectivity index is 1.50. The van der Waals surface area contributed by atoms with Crippen molar-refractivity contribution in [1.29, 1.82) is 0 Å². The van der Waals surface area contributed by atoms with Crippen LogP contribution in [0.15, 0.2) is 70.5 Å². The van der Waals surface area contributed by atoms with E-state index in [1.807, 2.05) is 54.3 Å². The summed E-state index contributed by atoms with van der Waals surface area (Å²) in [6.45, 7) is 7.49. The number of hydrogen-bond donors (Lipinski definition) is 1. The zero-order valence-corrected chi connectivity index (χ0v) is 23.7. The summed E-state index contributed by atoms with van der Waals surface area (Å²) in [7, 11) is -3.59. The van der Waals surface area contributed by atoms with E-state index in [0.717, 1.165) is 31.2 Å². The van der Waals surface area contributed by atoms with Crippen LogP contribution in [0, 0.1) is 0 Å². The van der Waals surface area contributed by atoms with Gasteiger partial charge in [-0.05, 0) is 56.0 Å². The fourth-order valence-electron chi connectivity index (χ4n) is 4.66. The first kappa shape index (κ1) is 28.8. The highest BCUT2D eigenvalue weighted by Gasteiger charge is 2.30. The maximum absolute atomic E-state index is 13.5. The first-order chi connectivity index (χ1) is 19.0. The molecule has 0 aliphatic carbocycles. The van der Waals surface area contributed by atoms with Crippen LogP contribution >= 0.6 is 0 Å². The average molecular weight is 554 g/mol. The summed E-state index contributed by atoms with van der Waals surface area (Å²) in [5, 5.41) is 7.76. The van der Waals surface area contributed by atoms with Gasteiger partial charge in [0.2, 0.25) is 10.0 Å². The summed E-state index contributed by atoms with van der Waals surface area (Å²) < 4.78 is 35.0. The fraction of sp³-hybridized carbons (Fsp3) is 0.448. The second-order valence-corrected chi connectivity index (χ2v) is 11.5. The Morgan fingerprint density at radius 3 is 2.33 bits per heavy atom. The van der Waals surface area contributed by atoms with Gasteiger partial charge < -0.3 is 15.0 Å². The third-order valence-electron chi connectivity index (χ3n) is 6.89. The van der Waals surface area contributed by atoms with E-state index >= 15 is 0 Å². The van der Waals surface area contributed by atoms with Crippen LogP contribution in [-0.4, -0.2) is 68.4 Å². The van der Waals surface area contributed by atoms with Gasteiger partial charge in [0.25, 0.3) is 5.56 Å². The van der Waals surface area contributed by atoms with E-state index in [1.165, 1.54) is 8.99 Å². The molecule has 0 spiro atoms. The lowest BCUT2D eigenvalue weighted by Gasteiger charge is -2.36. The van der Waals surface area contributed by atoms with Gasteiger partial charge >= 0.3 is 0 Å². The van der Waals surface area contributed by atoms with Crippen molar-refractivity contribution in [2.45, 2.75) is 44.4 Å². The number of ether oxygens (including phenoxy) is 1. The second-order valence-electron chi connectivity index (χ2n) is 9.57. The fourth-order valence-corrected chi connectivity index (χ4v) is 6.09. The van der Waals surface area contributed by atoms with Crippen molar-refractivity contribution < 1.29 is 13.2 Å². The van der Waals surface area contributed by atoms with Crippen molar-refractivity contribution in [2.24, 2.45) is 0 Å². The van der Waals surface area contributed by atoms with Gasteiger partial charge in [-0.25, -0.2) is 8.42 Å². The first-order valence-electron chi connectivity index (χ1n) is 13.8. The molecular formula is C29H39N5O4S. The summed E-state index contributed by atoms with van der Waals surface area (Å²) in [5.74, 6) is 0. The van der Waals surface area contributed by atoms with Crippen LogP contribution in [-0.2, 0) is 21.2 Å². The number of benzene rings is 2. The van der Waals surface area contributed by atoms with E-state index < -0.39 is 10.0 Å². The van der Waals surface area contributed by atoms with Gasteiger partial charge in [0, 0.05) is 45.9 Å². The smallest absolute Gasteiger partial charge is 0.296 e. The molecule has 10 heteroatoms. The number of sulfonamides is 1. The molecule has 1 aliphatic heterocycles. The van der Waals surface area contributed by atoms with Crippen LogP contribution in [0.25, 0.3) is 5.69 Å². The van der Waals surface area contributed by atoms with Crippen molar-refractivity contribution >= 4 is 21.4 Å². The van der Waals surface area contributed by atoms with Crippen LogP contribution in [0.3, 0.4) is 0 Å². The molecule has 1 N–H and O–H groups in total. The SMILES string of the molecule is CCCCc1ccc(S(=O)(=O)N2CCN(c3cnn(-c4ccccc4)c(=O)c3NCCCOCC)CC2)cc1. The number of aryl methyl sites for hydroxylation is 1. The molecule has 0 saturated carbocycles. The normalized spacial score (nSPS) is 14.5. The molecule has 2 heterocycles. The molecule has 210 valence electrons. The summed E-state index contributed by atoms with van der Waals surface area (Å²) in [6, 6.07) is 16.6. The summed E-state index contributed by atoms with van der Waals surface area (Å²) in [4.78, 5) is 15.9. The minimum Gasteiger partial charge on any atom is -0.382 e. The average Bonchev–Trinajstić information content (AvgIpc) is 2.97. The molecule has 1 aromatic heterocycles. The molecule has 0 unspecified atom stereocenters. The third-order valence-corrected chi connectivity index (χ3v) is 8.80. The highest BCUT2D eigenvalue weighted by molar-refractivity contribution is 7.89.